The number of esters is 2. The van der Waals surface area contributed by atoms with Crippen molar-refractivity contribution in [3.8, 4) is 0 Å². The van der Waals surface area contributed by atoms with E-state index in [4.69, 9.17) is 42.0 Å². The Balaban J connectivity index is 1.52. The van der Waals surface area contributed by atoms with Crippen LogP contribution in [0, 0.1) is 17.8 Å². The van der Waals surface area contributed by atoms with Crippen molar-refractivity contribution in [2.45, 2.75) is 47.0 Å². The van der Waals surface area contributed by atoms with Crippen LogP contribution in [0.1, 0.15) is 60.9 Å². The van der Waals surface area contributed by atoms with E-state index >= 15 is 0 Å². The molecule has 230 valence electrons. The highest BCUT2D eigenvalue weighted by Crippen LogP contribution is 2.19. The summed E-state index contributed by atoms with van der Waals surface area (Å²) in [7, 11) is 6.18. The number of anilines is 1. The molecule has 9 nitrogen and oxygen atoms in total. The molecule has 0 fully saturated rings. The van der Waals surface area contributed by atoms with Crippen LogP contribution in [0.5, 0.6) is 0 Å². The number of hydrogen-bond donors (Lipinski definition) is 1. The molecule has 0 saturated heterocycles. The standard InChI is InChI=1S/C32H46BNO8/c1-24-7-9-25(10-8-24)28(35)40-22-31(4,5)20-38-17-18-42-32(6,33)23-39-16-15-37-19-30(2,3)21-41-29(36)26-11-13-27(34)14-12-26/h7-14H,15-23,34H2,1-6H3. The summed E-state index contributed by atoms with van der Waals surface area (Å²) in [4.78, 5) is 24.4. The molecule has 42 heavy (non-hydrogen) atoms. The molecule has 0 bridgehead atoms. The Labute approximate surface area is 251 Å². The number of ether oxygens (including phenoxy) is 6. The molecule has 0 heterocycles. The monoisotopic (exact) mass is 583 g/mol. The van der Waals surface area contributed by atoms with Crippen molar-refractivity contribution in [2.24, 2.45) is 10.8 Å². The van der Waals surface area contributed by atoms with Crippen LogP contribution in [0.2, 0.25) is 0 Å². The summed E-state index contributed by atoms with van der Waals surface area (Å²) >= 11 is 0. The van der Waals surface area contributed by atoms with Crippen LogP contribution < -0.4 is 5.73 Å². The van der Waals surface area contributed by atoms with Crippen molar-refractivity contribution < 1.29 is 38.0 Å². The van der Waals surface area contributed by atoms with E-state index in [1.54, 1.807) is 43.3 Å². The van der Waals surface area contributed by atoms with Gasteiger partial charge in [-0.2, -0.15) is 0 Å². The fraction of sp³-hybridized carbons (Fsp3) is 0.562. The molecule has 0 amide bonds. The molecule has 0 aliphatic carbocycles. The quantitative estimate of drug-likeness (QED) is 0.110. The van der Waals surface area contributed by atoms with Gasteiger partial charge in [-0.1, -0.05) is 45.4 Å². The van der Waals surface area contributed by atoms with E-state index in [9.17, 15) is 9.59 Å². The zero-order chi connectivity index (χ0) is 31.2. The Morgan fingerprint density at radius 3 is 1.52 bits per heavy atom. The highest BCUT2D eigenvalue weighted by Gasteiger charge is 2.23. The third-order valence-electron chi connectivity index (χ3n) is 6.03. The van der Waals surface area contributed by atoms with Crippen molar-refractivity contribution in [2.75, 3.05) is 65.2 Å². The number of benzene rings is 2. The first kappa shape index (κ1) is 35.3. The largest absolute Gasteiger partial charge is 0.461 e. The van der Waals surface area contributed by atoms with Crippen molar-refractivity contribution in [3.63, 3.8) is 0 Å². The summed E-state index contributed by atoms with van der Waals surface area (Å²) in [5, 5.41) is 0. The van der Waals surface area contributed by atoms with Gasteiger partial charge in [0.15, 0.2) is 0 Å². The van der Waals surface area contributed by atoms with Gasteiger partial charge in [-0.3, -0.25) is 0 Å². The number of aryl methyl sites for hydroxylation is 1. The lowest BCUT2D eigenvalue weighted by Crippen LogP contribution is -2.37. The molecule has 0 aliphatic rings. The SMILES string of the molecule is [B]C(C)(COCCOCC(C)(C)COC(=O)c1ccc(N)cc1)OCCOCC(C)(C)COC(=O)c1ccc(C)cc1. The van der Waals surface area contributed by atoms with Crippen molar-refractivity contribution in [1.82, 2.24) is 0 Å². The van der Waals surface area contributed by atoms with Gasteiger partial charge in [-0.15, -0.1) is 0 Å². The number of rotatable bonds is 19. The van der Waals surface area contributed by atoms with Gasteiger partial charge in [0.25, 0.3) is 0 Å². The predicted molar refractivity (Wildman–Crippen MR) is 163 cm³/mol. The first-order valence-corrected chi connectivity index (χ1v) is 14.1. The molecule has 10 heteroatoms. The molecule has 0 saturated carbocycles. The fourth-order valence-electron chi connectivity index (χ4n) is 3.55. The Kier molecular flexibility index (Phi) is 14.0. The van der Waals surface area contributed by atoms with E-state index in [-0.39, 0.29) is 43.2 Å². The van der Waals surface area contributed by atoms with E-state index in [1.165, 1.54) is 0 Å². The van der Waals surface area contributed by atoms with Crippen LogP contribution in [0.4, 0.5) is 5.69 Å². The zero-order valence-electron chi connectivity index (χ0n) is 25.9. The van der Waals surface area contributed by atoms with Crippen LogP contribution in [-0.2, 0) is 28.4 Å². The maximum Gasteiger partial charge on any atom is 0.338 e. The lowest BCUT2D eigenvalue weighted by Gasteiger charge is -2.27. The lowest BCUT2D eigenvalue weighted by molar-refractivity contribution is -0.0734. The van der Waals surface area contributed by atoms with Crippen LogP contribution in [0.25, 0.3) is 0 Å². The molecular formula is C32H46BNO8. The summed E-state index contributed by atoms with van der Waals surface area (Å²) in [6, 6.07) is 13.9. The topological polar surface area (TPSA) is 116 Å². The highest BCUT2D eigenvalue weighted by atomic mass is 16.6. The summed E-state index contributed by atoms with van der Waals surface area (Å²) in [5.74, 6) is -0.752. The van der Waals surface area contributed by atoms with Crippen LogP contribution in [-0.4, -0.2) is 84.7 Å². The maximum absolute atomic E-state index is 12.2. The molecule has 1 unspecified atom stereocenters. The van der Waals surface area contributed by atoms with E-state index in [1.807, 2.05) is 46.8 Å². The summed E-state index contributed by atoms with van der Waals surface area (Å²) < 4.78 is 33.7. The predicted octanol–water partition coefficient (Wildman–Crippen LogP) is 4.59. The lowest BCUT2D eigenvalue weighted by atomic mass is 9.84. The fourth-order valence-corrected chi connectivity index (χ4v) is 3.55. The van der Waals surface area contributed by atoms with Gasteiger partial charge in [0.2, 0.25) is 0 Å². The molecule has 0 aliphatic heterocycles. The van der Waals surface area contributed by atoms with E-state index in [0.717, 1.165) is 5.56 Å². The summed E-state index contributed by atoms with van der Waals surface area (Å²) in [6.07, 6.45) is 0. The second-order valence-corrected chi connectivity index (χ2v) is 12.3. The average molecular weight is 584 g/mol. The van der Waals surface area contributed by atoms with Gasteiger partial charge in [0.1, 0.15) is 7.85 Å². The molecule has 0 aromatic heterocycles. The number of hydrogen-bond acceptors (Lipinski definition) is 9. The maximum atomic E-state index is 12.2. The molecular weight excluding hydrogens is 537 g/mol. The summed E-state index contributed by atoms with van der Waals surface area (Å²) in [6.45, 7) is 14.3. The number of carbonyl (C=O) groups excluding carboxylic acids is 2. The van der Waals surface area contributed by atoms with Gasteiger partial charge in [-0.25, -0.2) is 9.59 Å². The third kappa shape index (κ3) is 14.3. The van der Waals surface area contributed by atoms with Gasteiger partial charge in [-0.05, 0) is 50.2 Å². The van der Waals surface area contributed by atoms with Gasteiger partial charge < -0.3 is 34.2 Å². The smallest absolute Gasteiger partial charge is 0.338 e. The van der Waals surface area contributed by atoms with Crippen LogP contribution in [0.15, 0.2) is 48.5 Å². The van der Waals surface area contributed by atoms with Gasteiger partial charge in [0, 0.05) is 22.0 Å². The number of nitrogen functional groups attached to an aromatic ring is 1. The molecule has 2 radical (unpaired) electrons. The molecule has 2 N–H and O–H groups in total. The molecule has 2 aromatic rings. The van der Waals surface area contributed by atoms with E-state index < -0.39 is 11.5 Å². The first-order valence-electron chi connectivity index (χ1n) is 14.1. The Bertz CT molecular complexity index is 1100. The average Bonchev–Trinajstić information content (AvgIpc) is 2.93. The minimum atomic E-state index is -0.988. The summed E-state index contributed by atoms with van der Waals surface area (Å²) in [5.41, 5.74) is 6.59. The van der Waals surface area contributed by atoms with Crippen LogP contribution >= 0.6 is 0 Å². The minimum Gasteiger partial charge on any atom is -0.461 e. The highest BCUT2D eigenvalue weighted by molar-refractivity contribution is 6.14. The molecule has 2 rings (SSSR count). The van der Waals surface area contributed by atoms with E-state index in [0.29, 0.717) is 49.8 Å². The zero-order valence-corrected chi connectivity index (χ0v) is 25.9. The van der Waals surface area contributed by atoms with Crippen molar-refractivity contribution in [1.29, 1.82) is 0 Å². The Hall–Kier alpha value is -2.92. The Morgan fingerprint density at radius 2 is 1.05 bits per heavy atom. The van der Waals surface area contributed by atoms with Gasteiger partial charge >= 0.3 is 11.9 Å². The third-order valence-corrected chi connectivity index (χ3v) is 6.03. The molecule has 1 atom stereocenters. The second-order valence-electron chi connectivity index (χ2n) is 12.3. The van der Waals surface area contributed by atoms with Crippen LogP contribution in [0.3, 0.4) is 0 Å². The number of carbonyl (C=O) groups is 2. The Morgan fingerprint density at radius 1 is 0.643 bits per heavy atom. The first-order chi connectivity index (χ1) is 19.7. The number of nitrogens with two attached hydrogens (primary N) is 1. The van der Waals surface area contributed by atoms with Crippen molar-refractivity contribution >= 4 is 25.5 Å². The normalized spacial score (nSPS) is 13.4. The minimum absolute atomic E-state index is 0.180. The van der Waals surface area contributed by atoms with E-state index in [2.05, 4.69) is 0 Å². The second kappa shape index (κ2) is 16.7. The molecule has 2 aromatic carbocycles. The molecule has 0 spiro atoms. The van der Waals surface area contributed by atoms with Crippen molar-refractivity contribution in [3.05, 3.63) is 65.2 Å². The van der Waals surface area contributed by atoms with Gasteiger partial charge in [0.05, 0.1) is 70.6 Å².